The number of hydrogen-bond donors (Lipinski definition) is 1. The first-order valence-corrected chi connectivity index (χ1v) is 10.3. The zero-order valence-electron chi connectivity index (χ0n) is 19.3. The molecule has 0 aliphatic rings. The van der Waals surface area contributed by atoms with Crippen molar-refractivity contribution in [3.63, 3.8) is 0 Å². The molecule has 0 aliphatic carbocycles. The van der Waals surface area contributed by atoms with E-state index in [2.05, 4.69) is 5.32 Å². The molecular formula is C23H36N2O5. The minimum absolute atomic E-state index is 0.196. The van der Waals surface area contributed by atoms with Gasteiger partial charge in [-0.15, -0.1) is 0 Å². The molecule has 2 amide bonds. The van der Waals surface area contributed by atoms with Gasteiger partial charge in [0.25, 0.3) is 0 Å². The number of rotatable bonds is 8. The molecule has 0 aliphatic heterocycles. The maximum atomic E-state index is 13.4. The number of alkyl carbamates (subject to hydrolysis) is 1. The summed E-state index contributed by atoms with van der Waals surface area (Å²) in [6.45, 7) is 13.2. The van der Waals surface area contributed by atoms with E-state index in [9.17, 15) is 14.4 Å². The average molecular weight is 421 g/mol. The first-order valence-electron chi connectivity index (χ1n) is 10.3. The zero-order chi connectivity index (χ0) is 22.9. The lowest BCUT2D eigenvalue weighted by Crippen LogP contribution is -2.52. The Morgan fingerprint density at radius 3 is 2.13 bits per heavy atom. The predicted molar refractivity (Wildman–Crippen MR) is 116 cm³/mol. The summed E-state index contributed by atoms with van der Waals surface area (Å²) in [5.74, 6) is -0.846. The van der Waals surface area contributed by atoms with E-state index in [1.54, 1.807) is 27.7 Å². The first kappa shape index (κ1) is 25.5. The second-order valence-corrected chi connectivity index (χ2v) is 9.45. The highest BCUT2D eigenvalue weighted by Gasteiger charge is 2.32. The lowest BCUT2D eigenvalue weighted by atomic mass is 9.87. The van der Waals surface area contributed by atoms with Gasteiger partial charge in [-0.05, 0) is 45.1 Å². The summed E-state index contributed by atoms with van der Waals surface area (Å²) in [6, 6.07) is 8.55. The smallest absolute Gasteiger partial charge is 0.408 e. The Morgan fingerprint density at radius 1 is 1.03 bits per heavy atom. The van der Waals surface area contributed by atoms with Gasteiger partial charge in [0.1, 0.15) is 18.2 Å². The quantitative estimate of drug-likeness (QED) is 0.645. The summed E-state index contributed by atoms with van der Waals surface area (Å²) in [7, 11) is 0. The number of benzene rings is 1. The minimum Gasteiger partial charge on any atom is -0.465 e. The molecule has 1 rings (SSSR count). The summed E-state index contributed by atoms with van der Waals surface area (Å²) in [5, 5.41) is 2.70. The van der Waals surface area contributed by atoms with Gasteiger partial charge >= 0.3 is 12.1 Å². The lowest BCUT2D eigenvalue weighted by Gasteiger charge is -2.31. The number of carbonyl (C=O) groups is 3. The van der Waals surface area contributed by atoms with E-state index in [-0.39, 0.29) is 31.0 Å². The molecule has 0 aromatic heterocycles. The Labute approximate surface area is 180 Å². The molecule has 1 aromatic carbocycles. The second kappa shape index (κ2) is 11.0. The summed E-state index contributed by atoms with van der Waals surface area (Å²) >= 11 is 0. The summed E-state index contributed by atoms with van der Waals surface area (Å²) in [4.78, 5) is 39.3. The van der Waals surface area contributed by atoms with Crippen LogP contribution in [0.4, 0.5) is 4.79 Å². The van der Waals surface area contributed by atoms with Gasteiger partial charge in [0, 0.05) is 6.54 Å². The standard InChI is InChI=1S/C23H36N2O5/c1-8-29-19(26)16-25(15-17-12-10-9-11-13-17)20(27)18(14-22(2,3)4)24-21(28)30-23(5,6)7/h9-13,18H,8,14-16H2,1-7H3,(H,24,28)/t18-/m1/s1. The number of nitrogens with zero attached hydrogens (tertiary/aromatic N) is 1. The molecule has 0 unspecified atom stereocenters. The van der Waals surface area contributed by atoms with Crippen molar-refractivity contribution in [2.75, 3.05) is 13.2 Å². The van der Waals surface area contributed by atoms with Crippen molar-refractivity contribution in [2.24, 2.45) is 5.41 Å². The highest BCUT2D eigenvalue weighted by atomic mass is 16.6. The second-order valence-electron chi connectivity index (χ2n) is 9.45. The van der Waals surface area contributed by atoms with E-state index in [4.69, 9.17) is 9.47 Å². The van der Waals surface area contributed by atoms with E-state index in [1.807, 2.05) is 51.1 Å². The van der Waals surface area contributed by atoms with Crippen molar-refractivity contribution in [1.29, 1.82) is 0 Å². The lowest BCUT2D eigenvalue weighted by molar-refractivity contribution is -0.150. The van der Waals surface area contributed by atoms with Gasteiger partial charge in [-0.25, -0.2) is 4.79 Å². The summed E-state index contributed by atoms with van der Waals surface area (Å²) in [6.07, 6.45) is -0.278. The Kier molecular flexibility index (Phi) is 9.33. The Morgan fingerprint density at radius 2 is 1.63 bits per heavy atom. The summed E-state index contributed by atoms with van der Waals surface area (Å²) in [5.41, 5.74) is -0.0481. The normalized spacial score (nSPS) is 12.6. The van der Waals surface area contributed by atoms with Crippen LogP contribution in [0.3, 0.4) is 0 Å². The highest BCUT2D eigenvalue weighted by molar-refractivity contribution is 5.88. The van der Waals surface area contributed by atoms with E-state index in [0.29, 0.717) is 6.42 Å². The molecule has 0 bridgehead atoms. The van der Waals surface area contributed by atoms with Gasteiger partial charge in [0.05, 0.1) is 6.61 Å². The van der Waals surface area contributed by atoms with Crippen LogP contribution in [0.2, 0.25) is 0 Å². The van der Waals surface area contributed by atoms with Crippen LogP contribution in [0, 0.1) is 5.41 Å². The molecule has 7 nitrogen and oxygen atoms in total. The summed E-state index contributed by atoms with van der Waals surface area (Å²) < 4.78 is 10.4. The van der Waals surface area contributed by atoms with Crippen LogP contribution in [0.25, 0.3) is 0 Å². The molecule has 0 saturated heterocycles. The third-order valence-electron chi connectivity index (χ3n) is 3.96. The molecule has 1 atom stereocenters. The van der Waals surface area contributed by atoms with Gasteiger partial charge < -0.3 is 19.7 Å². The van der Waals surface area contributed by atoms with Crippen LogP contribution in [0.1, 0.15) is 60.5 Å². The van der Waals surface area contributed by atoms with Crippen LogP contribution in [-0.2, 0) is 25.6 Å². The minimum atomic E-state index is -0.835. The third kappa shape index (κ3) is 10.3. The van der Waals surface area contributed by atoms with Gasteiger partial charge in [0.15, 0.2) is 0 Å². The maximum Gasteiger partial charge on any atom is 0.408 e. The van der Waals surface area contributed by atoms with E-state index < -0.39 is 23.7 Å². The van der Waals surface area contributed by atoms with Gasteiger partial charge in [-0.3, -0.25) is 9.59 Å². The van der Waals surface area contributed by atoms with E-state index >= 15 is 0 Å². The number of ether oxygens (including phenoxy) is 2. The number of nitrogens with one attached hydrogen (secondary N) is 1. The largest absolute Gasteiger partial charge is 0.465 e. The van der Waals surface area contributed by atoms with Crippen molar-refractivity contribution < 1.29 is 23.9 Å². The van der Waals surface area contributed by atoms with Crippen molar-refractivity contribution in [2.45, 2.75) is 73.1 Å². The first-order chi connectivity index (χ1) is 13.8. The van der Waals surface area contributed by atoms with Crippen molar-refractivity contribution in [1.82, 2.24) is 10.2 Å². The number of amides is 2. The molecule has 0 radical (unpaired) electrons. The van der Waals surface area contributed by atoms with Crippen LogP contribution in [-0.4, -0.2) is 47.7 Å². The monoisotopic (exact) mass is 420 g/mol. The van der Waals surface area contributed by atoms with Gasteiger partial charge in [-0.1, -0.05) is 51.1 Å². The fourth-order valence-corrected chi connectivity index (χ4v) is 2.86. The highest BCUT2D eigenvalue weighted by Crippen LogP contribution is 2.23. The van der Waals surface area contributed by atoms with E-state index in [1.165, 1.54) is 4.90 Å². The Bertz CT molecular complexity index is 705. The fraction of sp³-hybridized carbons (Fsp3) is 0.609. The van der Waals surface area contributed by atoms with Crippen molar-refractivity contribution >= 4 is 18.0 Å². The van der Waals surface area contributed by atoms with Crippen molar-refractivity contribution in [3.05, 3.63) is 35.9 Å². The van der Waals surface area contributed by atoms with Gasteiger partial charge in [0.2, 0.25) is 5.91 Å². The van der Waals surface area contributed by atoms with Crippen LogP contribution < -0.4 is 5.32 Å². The molecule has 1 aromatic rings. The molecule has 0 heterocycles. The van der Waals surface area contributed by atoms with Gasteiger partial charge in [-0.2, -0.15) is 0 Å². The van der Waals surface area contributed by atoms with Crippen LogP contribution in [0.15, 0.2) is 30.3 Å². The molecule has 0 fully saturated rings. The molecular weight excluding hydrogens is 384 g/mol. The number of hydrogen-bond acceptors (Lipinski definition) is 5. The van der Waals surface area contributed by atoms with Crippen LogP contribution >= 0.6 is 0 Å². The number of carbonyl (C=O) groups excluding carboxylic acids is 3. The fourth-order valence-electron chi connectivity index (χ4n) is 2.86. The Balaban J connectivity index is 3.11. The Hall–Kier alpha value is -2.57. The average Bonchev–Trinajstić information content (AvgIpc) is 2.58. The molecule has 0 spiro atoms. The molecule has 30 heavy (non-hydrogen) atoms. The molecule has 0 saturated carbocycles. The molecule has 7 heteroatoms. The third-order valence-corrected chi connectivity index (χ3v) is 3.96. The molecule has 1 N–H and O–H groups in total. The van der Waals surface area contributed by atoms with E-state index in [0.717, 1.165) is 5.56 Å². The SMILES string of the molecule is CCOC(=O)CN(Cc1ccccc1)C(=O)[C@@H](CC(C)(C)C)NC(=O)OC(C)(C)C. The predicted octanol–water partition coefficient (Wildman–Crippen LogP) is 3.91. The maximum absolute atomic E-state index is 13.4. The van der Waals surface area contributed by atoms with Crippen LogP contribution in [0.5, 0.6) is 0 Å². The van der Waals surface area contributed by atoms with Crippen molar-refractivity contribution in [3.8, 4) is 0 Å². The zero-order valence-corrected chi connectivity index (χ0v) is 19.3. The number of esters is 1. The molecule has 168 valence electrons. The topological polar surface area (TPSA) is 84.9 Å².